The summed E-state index contributed by atoms with van der Waals surface area (Å²) in [5.74, 6) is -0.553. The van der Waals surface area contributed by atoms with Crippen LogP contribution in [0.1, 0.15) is 49.4 Å². The molecule has 126 valence electrons. The first-order valence-corrected chi connectivity index (χ1v) is 7.73. The lowest BCUT2D eigenvalue weighted by Crippen LogP contribution is -2.35. The Morgan fingerprint density at radius 1 is 0.958 bits per heavy atom. The summed E-state index contributed by atoms with van der Waals surface area (Å²) in [5, 5.41) is 5.47. The molecule has 2 amide bonds. The smallest absolute Gasteiger partial charge is 0.268 e. The molecule has 0 bridgehead atoms. The van der Waals surface area contributed by atoms with Gasteiger partial charge < -0.3 is 15.6 Å². The van der Waals surface area contributed by atoms with Gasteiger partial charge in [-0.15, -0.1) is 0 Å². The predicted molar refractivity (Wildman–Crippen MR) is 91.4 cm³/mol. The summed E-state index contributed by atoms with van der Waals surface area (Å²) in [7, 11) is 0. The molecule has 6 nitrogen and oxygen atoms in total. The van der Waals surface area contributed by atoms with Gasteiger partial charge in [-0.25, -0.2) is 0 Å². The van der Waals surface area contributed by atoms with Gasteiger partial charge in [0.15, 0.2) is 5.78 Å². The molecule has 1 aromatic heterocycles. The number of hydrogen-bond acceptors (Lipinski definition) is 3. The highest BCUT2D eigenvalue weighted by Crippen LogP contribution is 2.18. The van der Waals surface area contributed by atoms with Crippen LogP contribution in [0.3, 0.4) is 0 Å². The first kappa shape index (κ1) is 17.5. The lowest BCUT2D eigenvalue weighted by Gasteiger charge is -2.07. The summed E-state index contributed by atoms with van der Waals surface area (Å²) in [6.07, 6.45) is 0. The van der Waals surface area contributed by atoms with Crippen LogP contribution in [-0.4, -0.2) is 35.7 Å². The van der Waals surface area contributed by atoms with Crippen molar-refractivity contribution in [3.63, 3.8) is 0 Å². The fourth-order valence-corrected chi connectivity index (χ4v) is 2.64. The number of aromatic amines is 1. The number of aromatic nitrogens is 1. The molecule has 24 heavy (non-hydrogen) atoms. The van der Waals surface area contributed by atoms with Gasteiger partial charge in [-0.3, -0.25) is 14.4 Å². The second kappa shape index (κ2) is 7.59. The molecule has 0 spiro atoms. The van der Waals surface area contributed by atoms with Crippen LogP contribution in [0.2, 0.25) is 0 Å². The topological polar surface area (TPSA) is 91.1 Å². The van der Waals surface area contributed by atoms with Crippen molar-refractivity contribution in [2.45, 2.75) is 20.8 Å². The van der Waals surface area contributed by atoms with Gasteiger partial charge in [0.2, 0.25) is 0 Å². The Labute approximate surface area is 140 Å². The molecule has 0 saturated heterocycles. The maximum atomic E-state index is 12.2. The number of carbonyl (C=O) groups excluding carboxylic acids is 3. The summed E-state index contributed by atoms with van der Waals surface area (Å²) in [4.78, 5) is 38.6. The SMILES string of the molecule is CC(=O)c1c(C)[nH]c(C(=O)NCCNC(=O)c2ccccc2)c1C. The zero-order valence-corrected chi connectivity index (χ0v) is 14.0. The Balaban J connectivity index is 1.87. The third kappa shape index (κ3) is 3.90. The van der Waals surface area contributed by atoms with Crippen LogP contribution in [0, 0.1) is 13.8 Å². The molecule has 2 aromatic rings. The number of aryl methyl sites for hydroxylation is 1. The number of amides is 2. The lowest BCUT2D eigenvalue weighted by molar-refractivity contribution is 0.0925. The average molecular weight is 327 g/mol. The average Bonchev–Trinajstić information content (AvgIpc) is 2.86. The number of ketones is 1. The molecule has 0 saturated carbocycles. The highest BCUT2D eigenvalue weighted by atomic mass is 16.2. The molecule has 0 aliphatic heterocycles. The summed E-state index contributed by atoms with van der Waals surface area (Å²) < 4.78 is 0. The number of H-pyrrole nitrogens is 1. The number of rotatable bonds is 6. The van der Waals surface area contributed by atoms with Gasteiger partial charge >= 0.3 is 0 Å². The second-order valence-electron chi connectivity index (χ2n) is 5.56. The van der Waals surface area contributed by atoms with Crippen LogP contribution < -0.4 is 10.6 Å². The van der Waals surface area contributed by atoms with E-state index in [-0.39, 0.29) is 17.6 Å². The Hall–Kier alpha value is -2.89. The van der Waals surface area contributed by atoms with Crippen molar-refractivity contribution in [2.24, 2.45) is 0 Å². The third-order valence-corrected chi connectivity index (χ3v) is 3.75. The van der Waals surface area contributed by atoms with E-state index in [1.165, 1.54) is 6.92 Å². The van der Waals surface area contributed by atoms with Gasteiger partial charge in [0.05, 0.1) is 0 Å². The van der Waals surface area contributed by atoms with E-state index in [0.29, 0.717) is 41.2 Å². The summed E-state index contributed by atoms with van der Waals surface area (Å²) in [6.45, 7) is 5.60. The first-order chi connectivity index (χ1) is 11.4. The lowest BCUT2D eigenvalue weighted by atomic mass is 10.1. The van der Waals surface area contributed by atoms with Crippen LogP contribution in [-0.2, 0) is 0 Å². The normalized spacial score (nSPS) is 10.3. The van der Waals surface area contributed by atoms with Crippen molar-refractivity contribution in [1.29, 1.82) is 0 Å². The van der Waals surface area contributed by atoms with E-state index in [9.17, 15) is 14.4 Å². The standard InChI is InChI=1S/C18H21N3O3/c1-11-15(13(3)22)12(2)21-16(11)18(24)20-10-9-19-17(23)14-7-5-4-6-8-14/h4-8,21H,9-10H2,1-3H3,(H,19,23)(H,20,24). The first-order valence-electron chi connectivity index (χ1n) is 7.73. The maximum Gasteiger partial charge on any atom is 0.268 e. The molecule has 3 N–H and O–H groups in total. The maximum absolute atomic E-state index is 12.2. The molecule has 6 heteroatoms. The minimum Gasteiger partial charge on any atom is -0.354 e. The summed E-state index contributed by atoms with van der Waals surface area (Å²) in [5.41, 5.74) is 2.84. The quantitative estimate of drug-likeness (QED) is 0.560. The molecule has 0 fully saturated rings. The van der Waals surface area contributed by atoms with Gasteiger partial charge in [-0.05, 0) is 38.5 Å². The van der Waals surface area contributed by atoms with Crippen LogP contribution >= 0.6 is 0 Å². The van der Waals surface area contributed by atoms with Crippen molar-refractivity contribution in [3.05, 3.63) is 58.4 Å². The molecule has 2 rings (SSSR count). The Bertz CT molecular complexity index is 763. The molecular weight excluding hydrogens is 306 g/mol. The fraction of sp³-hybridized carbons (Fsp3) is 0.278. The molecule has 0 atom stereocenters. The van der Waals surface area contributed by atoms with Crippen molar-refractivity contribution in [2.75, 3.05) is 13.1 Å². The van der Waals surface area contributed by atoms with E-state index in [1.807, 2.05) is 6.07 Å². The summed E-state index contributed by atoms with van der Waals surface area (Å²) >= 11 is 0. The third-order valence-electron chi connectivity index (χ3n) is 3.75. The zero-order valence-electron chi connectivity index (χ0n) is 14.0. The van der Waals surface area contributed by atoms with E-state index in [2.05, 4.69) is 15.6 Å². The monoisotopic (exact) mass is 327 g/mol. The number of nitrogens with one attached hydrogen (secondary N) is 3. The molecule has 1 heterocycles. The van der Waals surface area contributed by atoms with E-state index in [1.54, 1.807) is 38.1 Å². The van der Waals surface area contributed by atoms with Crippen LogP contribution in [0.25, 0.3) is 0 Å². The zero-order chi connectivity index (χ0) is 17.7. The van der Waals surface area contributed by atoms with Crippen molar-refractivity contribution >= 4 is 17.6 Å². The molecular formula is C18H21N3O3. The molecule has 0 unspecified atom stereocenters. The molecule has 0 aliphatic carbocycles. The van der Waals surface area contributed by atoms with Crippen molar-refractivity contribution in [1.82, 2.24) is 15.6 Å². The number of benzene rings is 1. The van der Waals surface area contributed by atoms with E-state index in [4.69, 9.17) is 0 Å². The van der Waals surface area contributed by atoms with Gasteiger partial charge in [-0.2, -0.15) is 0 Å². The van der Waals surface area contributed by atoms with Crippen LogP contribution in [0.5, 0.6) is 0 Å². The second-order valence-corrected chi connectivity index (χ2v) is 5.56. The number of hydrogen-bond donors (Lipinski definition) is 3. The van der Waals surface area contributed by atoms with Crippen LogP contribution in [0.15, 0.2) is 30.3 Å². The van der Waals surface area contributed by atoms with Crippen molar-refractivity contribution in [3.8, 4) is 0 Å². The Morgan fingerprint density at radius 3 is 2.08 bits per heavy atom. The molecule has 1 aromatic carbocycles. The van der Waals surface area contributed by atoms with Gasteiger partial charge in [-0.1, -0.05) is 18.2 Å². The van der Waals surface area contributed by atoms with Crippen molar-refractivity contribution < 1.29 is 14.4 Å². The highest BCUT2D eigenvalue weighted by Gasteiger charge is 2.19. The predicted octanol–water partition coefficient (Wildman–Crippen LogP) is 1.99. The Kier molecular flexibility index (Phi) is 5.52. The fourth-order valence-electron chi connectivity index (χ4n) is 2.64. The van der Waals surface area contributed by atoms with Gasteiger partial charge in [0.25, 0.3) is 11.8 Å². The molecule has 0 aliphatic rings. The number of Topliss-reactive ketones (excluding diaryl/α,β-unsaturated/α-hetero) is 1. The highest BCUT2D eigenvalue weighted by molar-refractivity contribution is 6.02. The molecule has 0 radical (unpaired) electrons. The van der Waals surface area contributed by atoms with Gasteiger partial charge in [0.1, 0.15) is 5.69 Å². The summed E-state index contributed by atoms with van der Waals surface area (Å²) in [6, 6.07) is 8.87. The van der Waals surface area contributed by atoms with Crippen LogP contribution in [0.4, 0.5) is 0 Å². The largest absolute Gasteiger partial charge is 0.354 e. The van der Waals surface area contributed by atoms with E-state index >= 15 is 0 Å². The minimum absolute atomic E-state index is 0.0737. The van der Waals surface area contributed by atoms with E-state index < -0.39 is 0 Å². The Morgan fingerprint density at radius 2 is 1.54 bits per heavy atom. The number of carbonyl (C=O) groups is 3. The van der Waals surface area contributed by atoms with E-state index in [0.717, 1.165) is 0 Å². The van der Waals surface area contributed by atoms with Gasteiger partial charge in [0, 0.05) is 29.9 Å². The minimum atomic E-state index is -0.294.